The molecule has 1 amide bonds. The monoisotopic (exact) mass is 327 g/mol. The van der Waals surface area contributed by atoms with Gasteiger partial charge in [-0.1, -0.05) is 11.6 Å². The largest absolute Gasteiger partial charge is 0.370 e. The lowest BCUT2D eigenvalue weighted by Gasteiger charge is -2.03. The van der Waals surface area contributed by atoms with Gasteiger partial charge in [-0.25, -0.2) is 4.99 Å². The number of hydrogen-bond donors (Lipinski definition) is 3. The maximum Gasteiger partial charge on any atom is 0.274 e. The Morgan fingerprint density at radius 1 is 1.26 bits per heavy atom. The Balaban J connectivity index is 1.69. The molecule has 2 aromatic heterocycles. The van der Waals surface area contributed by atoms with E-state index in [1.54, 1.807) is 30.6 Å². The third-order valence-corrected chi connectivity index (χ3v) is 3.49. The number of fused-ring (bicyclic) bond motifs is 1. The summed E-state index contributed by atoms with van der Waals surface area (Å²) in [6.45, 7) is 0.372. The molecule has 116 valence electrons. The van der Waals surface area contributed by atoms with E-state index in [9.17, 15) is 4.79 Å². The molecule has 0 bridgehead atoms. The molecule has 1 aromatic carbocycles. The van der Waals surface area contributed by atoms with Crippen LogP contribution in [0.25, 0.3) is 10.9 Å². The predicted molar refractivity (Wildman–Crippen MR) is 90.3 cm³/mol. The molecular formula is C16H14ClN5O. The summed E-state index contributed by atoms with van der Waals surface area (Å²) in [4.78, 5) is 23.2. The fourth-order valence-corrected chi connectivity index (χ4v) is 2.29. The number of carbonyl (C=O) groups is 1. The Morgan fingerprint density at radius 3 is 2.83 bits per heavy atom. The van der Waals surface area contributed by atoms with Gasteiger partial charge in [-0.05, 0) is 42.0 Å². The molecule has 0 saturated heterocycles. The lowest BCUT2D eigenvalue weighted by molar-refractivity contribution is 0.0972. The Morgan fingerprint density at radius 2 is 2.04 bits per heavy atom. The molecule has 0 aliphatic carbocycles. The second-order valence-corrected chi connectivity index (χ2v) is 5.36. The Hall–Kier alpha value is -2.86. The topological polar surface area (TPSA) is 96.2 Å². The van der Waals surface area contributed by atoms with E-state index in [-0.39, 0.29) is 11.9 Å². The van der Waals surface area contributed by atoms with Crippen molar-refractivity contribution in [2.75, 3.05) is 0 Å². The zero-order valence-corrected chi connectivity index (χ0v) is 12.8. The highest BCUT2D eigenvalue weighted by atomic mass is 35.5. The van der Waals surface area contributed by atoms with E-state index in [0.717, 1.165) is 16.5 Å². The van der Waals surface area contributed by atoms with Gasteiger partial charge in [0.2, 0.25) is 0 Å². The number of nitrogens with zero attached hydrogens (tertiary/aromatic N) is 2. The SMILES string of the molecule is NC(=NCc1ccncc1)NC(=O)c1cc2cc(Cl)ccc2[nH]1. The highest BCUT2D eigenvalue weighted by Gasteiger charge is 2.10. The summed E-state index contributed by atoms with van der Waals surface area (Å²) in [5.41, 5.74) is 7.92. The molecule has 7 heteroatoms. The van der Waals surface area contributed by atoms with E-state index < -0.39 is 0 Å². The molecule has 23 heavy (non-hydrogen) atoms. The number of halogens is 1. The van der Waals surface area contributed by atoms with E-state index in [1.165, 1.54) is 0 Å². The van der Waals surface area contributed by atoms with E-state index in [4.69, 9.17) is 17.3 Å². The first-order chi connectivity index (χ1) is 11.1. The predicted octanol–water partition coefficient (Wildman–Crippen LogP) is 2.46. The lowest BCUT2D eigenvalue weighted by atomic mass is 10.2. The van der Waals surface area contributed by atoms with E-state index in [2.05, 4.69) is 20.3 Å². The minimum atomic E-state index is -0.353. The molecule has 0 radical (unpaired) electrons. The van der Waals surface area contributed by atoms with Crippen LogP contribution in [0.1, 0.15) is 16.1 Å². The summed E-state index contributed by atoms with van der Waals surface area (Å²) in [6, 6.07) is 10.7. The van der Waals surface area contributed by atoms with Gasteiger partial charge in [0.05, 0.1) is 6.54 Å². The second kappa shape index (κ2) is 6.50. The number of nitrogens with one attached hydrogen (secondary N) is 2. The molecule has 3 aromatic rings. The third kappa shape index (κ3) is 3.67. The van der Waals surface area contributed by atoms with E-state index in [1.807, 2.05) is 18.2 Å². The van der Waals surface area contributed by atoms with Gasteiger partial charge in [0.15, 0.2) is 5.96 Å². The van der Waals surface area contributed by atoms with Crippen LogP contribution in [0.3, 0.4) is 0 Å². The van der Waals surface area contributed by atoms with Gasteiger partial charge in [-0.2, -0.15) is 0 Å². The smallest absolute Gasteiger partial charge is 0.274 e. The number of guanidine groups is 1. The molecule has 0 atom stereocenters. The van der Waals surface area contributed by atoms with Crippen molar-refractivity contribution in [3.8, 4) is 0 Å². The molecular weight excluding hydrogens is 314 g/mol. The normalized spacial score (nSPS) is 11.6. The molecule has 6 nitrogen and oxygen atoms in total. The van der Waals surface area contributed by atoms with Crippen LogP contribution in [0.4, 0.5) is 0 Å². The summed E-state index contributed by atoms with van der Waals surface area (Å²) in [5.74, 6) is -0.295. The van der Waals surface area contributed by atoms with Gasteiger partial charge < -0.3 is 10.7 Å². The molecule has 0 saturated carbocycles. The first-order valence-corrected chi connectivity index (χ1v) is 7.28. The van der Waals surface area contributed by atoms with Crippen LogP contribution < -0.4 is 11.1 Å². The minimum absolute atomic E-state index is 0.0588. The van der Waals surface area contributed by atoms with Crippen molar-refractivity contribution in [2.45, 2.75) is 6.54 Å². The number of benzene rings is 1. The molecule has 0 aliphatic rings. The number of hydrogen-bond acceptors (Lipinski definition) is 3. The summed E-state index contributed by atoms with van der Waals surface area (Å²) in [5, 5.41) is 4.02. The molecule has 4 N–H and O–H groups in total. The van der Waals surface area contributed by atoms with Crippen molar-refractivity contribution in [2.24, 2.45) is 10.7 Å². The fourth-order valence-electron chi connectivity index (χ4n) is 2.11. The number of H-pyrrole nitrogens is 1. The Labute approximate surface area is 137 Å². The number of amides is 1. The molecule has 0 unspecified atom stereocenters. The van der Waals surface area contributed by atoms with Crippen molar-refractivity contribution >= 4 is 34.4 Å². The van der Waals surface area contributed by atoms with Crippen LogP contribution in [0.15, 0.2) is 53.8 Å². The van der Waals surface area contributed by atoms with Crippen LogP contribution in [0.2, 0.25) is 5.02 Å². The van der Waals surface area contributed by atoms with Crippen LogP contribution in [-0.4, -0.2) is 21.8 Å². The average molecular weight is 328 g/mol. The highest BCUT2D eigenvalue weighted by Crippen LogP contribution is 2.19. The van der Waals surface area contributed by atoms with Gasteiger partial charge >= 0.3 is 0 Å². The Bertz CT molecular complexity index is 873. The van der Waals surface area contributed by atoms with Gasteiger partial charge in [-0.15, -0.1) is 0 Å². The molecule has 0 spiro atoms. The molecule has 0 fully saturated rings. The quantitative estimate of drug-likeness (QED) is 0.509. The maximum absolute atomic E-state index is 12.2. The zero-order valence-electron chi connectivity index (χ0n) is 12.1. The number of carbonyl (C=O) groups excluding carboxylic acids is 1. The summed E-state index contributed by atoms with van der Waals surface area (Å²) in [6.07, 6.45) is 3.35. The van der Waals surface area contributed by atoms with Crippen LogP contribution in [0, 0.1) is 0 Å². The summed E-state index contributed by atoms with van der Waals surface area (Å²) in [7, 11) is 0. The Kier molecular flexibility index (Phi) is 4.25. The first-order valence-electron chi connectivity index (χ1n) is 6.90. The van der Waals surface area contributed by atoms with E-state index >= 15 is 0 Å². The number of pyridine rings is 1. The van der Waals surface area contributed by atoms with Gasteiger partial charge in [0, 0.05) is 28.3 Å². The maximum atomic E-state index is 12.2. The van der Waals surface area contributed by atoms with Crippen LogP contribution in [0.5, 0.6) is 0 Å². The van der Waals surface area contributed by atoms with Gasteiger partial charge in [-0.3, -0.25) is 15.1 Å². The van der Waals surface area contributed by atoms with Crippen molar-refractivity contribution in [1.82, 2.24) is 15.3 Å². The zero-order chi connectivity index (χ0) is 16.2. The minimum Gasteiger partial charge on any atom is -0.370 e. The molecule has 2 heterocycles. The van der Waals surface area contributed by atoms with Crippen molar-refractivity contribution < 1.29 is 4.79 Å². The van der Waals surface area contributed by atoms with Gasteiger partial charge in [0.1, 0.15) is 5.69 Å². The van der Waals surface area contributed by atoms with Crippen molar-refractivity contribution in [3.63, 3.8) is 0 Å². The van der Waals surface area contributed by atoms with Crippen LogP contribution >= 0.6 is 11.6 Å². The summed E-state index contributed by atoms with van der Waals surface area (Å²) < 4.78 is 0. The van der Waals surface area contributed by atoms with Crippen molar-refractivity contribution in [1.29, 1.82) is 0 Å². The van der Waals surface area contributed by atoms with Crippen LogP contribution in [-0.2, 0) is 6.54 Å². The highest BCUT2D eigenvalue weighted by molar-refractivity contribution is 6.31. The molecule has 0 aliphatic heterocycles. The number of nitrogens with two attached hydrogens (primary N) is 1. The lowest BCUT2D eigenvalue weighted by Crippen LogP contribution is -2.37. The van der Waals surface area contributed by atoms with Gasteiger partial charge in [0.25, 0.3) is 5.91 Å². The fraction of sp³-hybridized carbons (Fsp3) is 0.0625. The van der Waals surface area contributed by atoms with E-state index in [0.29, 0.717) is 17.3 Å². The van der Waals surface area contributed by atoms with Crippen molar-refractivity contribution in [3.05, 3.63) is 65.1 Å². The molecule has 3 rings (SSSR count). The first kappa shape index (κ1) is 15.1. The summed E-state index contributed by atoms with van der Waals surface area (Å²) >= 11 is 5.93. The second-order valence-electron chi connectivity index (χ2n) is 4.93. The number of aliphatic imine (C=N–C) groups is 1. The average Bonchev–Trinajstić information content (AvgIpc) is 2.97. The third-order valence-electron chi connectivity index (χ3n) is 3.25. The standard InChI is InChI=1S/C16H14ClN5O/c17-12-1-2-13-11(7-12)8-14(21-13)15(23)22-16(18)20-9-10-3-5-19-6-4-10/h1-8,21H,9H2,(H3,18,20,22,23). The number of aromatic nitrogens is 2. The number of aromatic amines is 1. The number of rotatable bonds is 3.